The van der Waals surface area contributed by atoms with Gasteiger partial charge in [0.15, 0.2) is 0 Å². The second-order valence-electron chi connectivity index (χ2n) is 4.30. The van der Waals surface area contributed by atoms with Gasteiger partial charge in [-0.15, -0.1) is 0 Å². The minimum atomic E-state index is -0.259. The van der Waals surface area contributed by atoms with Gasteiger partial charge < -0.3 is 0 Å². The van der Waals surface area contributed by atoms with Gasteiger partial charge in [0.05, 0.1) is 12.5 Å². The minimum absolute atomic E-state index is 0.259. The number of nitriles is 1. The van der Waals surface area contributed by atoms with Crippen molar-refractivity contribution < 1.29 is 4.79 Å². The summed E-state index contributed by atoms with van der Waals surface area (Å²) in [6.45, 7) is 0. The number of benzene rings is 2. The summed E-state index contributed by atoms with van der Waals surface area (Å²) >= 11 is 3.45. The molecule has 19 heavy (non-hydrogen) atoms. The lowest BCUT2D eigenvalue weighted by atomic mass is 9.98. The summed E-state index contributed by atoms with van der Waals surface area (Å²) in [7, 11) is 0. The van der Waals surface area contributed by atoms with E-state index in [0.717, 1.165) is 31.2 Å². The highest BCUT2D eigenvalue weighted by molar-refractivity contribution is 9.10. The van der Waals surface area contributed by atoms with Crippen molar-refractivity contribution in [2.45, 2.75) is 6.42 Å². The molecule has 91 valence electrons. The summed E-state index contributed by atoms with van der Waals surface area (Å²) in [5.41, 5.74) is 0.933. The van der Waals surface area contributed by atoms with Crippen molar-refractivity contribution in [2.75, 3.05) is 0 Å². The SMILES string of the molecule is N#CCc1cc2c(c3cc(Br)ccc13)=C[N]C(=O)C=2. The van der Waals surface area contributed by atoms with Crippen molar-refractivity contribution in [3.63, 3.8) is 0 Å². The van der Waals surface area contributed by atoms with E-state index < -0.39 is 0 Å². The van der Waals surface area contributed by atoms with E-state index in [0.29, 0.717) is 6.42 Å². The molecule has 1 heterocycles. The van der Waals surface area contributed by atoms with Crippen molar-refractivity contribution in [1.82, 2.24) is 5.32 Å². The van der Waals surface area contributed by atoms with Crippen molar-refractivity contribution in [3.05, 3.63) is 44.7 Å². The maximum absolute atomic E-state index is 11.4. The number of carbonyl (C=O) groups is 1. The summed E-state index contributed by atoms with van der Waals surface area (Å²) in [6.07, 6.45) is 3.43. The Bertz CT molecular complexity index is 862. The maximum atomic E-state index is 11.4. The van der Waals surface area contributed by atoms with Gasteiger partial charge in [0.2, 0.25) is 0 Å². The molecule has 0 saturated heterocycles. The van der Waals surface area contributed by atoms with Crippen molar-refractivity contribution in [1.29, 1.82) is 5.26 Å². The molecule has 2 aromatic carbocycles. The Morgan fingerprint density at radius 1 is 1.26 bits per heavy atom. The van der Waals surface area contributed by atoms with Crippen LogP contribution in [0.4, 0.5) is 0 Å². The topological polar surface area (TPSA) is 55.0 Å². The number of carbonyl (C=O) groups excluding carboxylic acids is 1. The van der Waals surface area contributed by atoms with Crippen LogP contribution >= 0.6 is 15.9 Å². The number of hydrogen-bond donors (Lipinski definition) is 0. The van der Waals surface area contributed by atoms with Gasteiger partial charge in [-0.05, 0) is 39.8 Å². The molecular weight excluding hydrogens is 304 g/mol. The molecule has 1 radical (unpaired) electrons. The first-order chi connectivity index (χ1) is 9.19. The van der Waals surface area contributed by atoms with Gasteiger partial charge in [-0.2, -0.15) is 5.26 Å². The number of hydrogen-bond acceptors (Lipinski definition) is 2. The summed E-state index contributed by atoms with van der Waals surface area (Å²) in [4.78, 5) is 11.4. The van der Waals surface area contributed by atoms with Crippen LogP contribution in [0.2, 0.25) is 0 Å². The Balaban J connectivity index is 2.51. The first kappa shape index (κ1) is 11.9. The molecule has 0 atom stereocenters. The van der Waals surface area contributed by atoms with Gasteiger partial charge in [0.1, 0.15) is 0 Å². The van der Waals surface area contributed by atoms with Crippen LogP contribution in [0.15, 0.2) is 28.7 Å². The van der Waals surface area contributed by atoms with Crippen molar-refractivity contribution >= 4 is 44.9 Å². The molecule has 0 saturated carbocycles. The van der Waals surface area contributed by atoms with Crippen LogP contribution in [0.3, 0.4) is 0 Å². The Morgan fingerprint density at radius 3 is 2.89 bits per heavy atom. The highest BCUT2D eigenvalue weighted by Gasteiger charge is 2.09. The molecule has 3 rings (SSSR count). The number of nitrogens with zero attached hydrogens (tertiary/aromatic N) is 2. The van der Waals surface area contributed by atoms with Crippen molar-refractivity contribution in [3.8, 4) is 6.07 Å². The zero-order valence-electron chi connectivity index (χ0n) is 9.85. The summed E-state index contributed by atoms with van der Waals surface area (Å²) in [5.74, 6) is -0.259. The molecule has 0 N–H and O–H groups in total. The fraction of sp³-hybridized carbons (Fsp3) is 0.0667. The van der Waals surface area contributed by atoms with Crippen LogP contribution in [-0.2, 0) is 11.2 Å². The van der Waals surface area contributed by atoms with Crippen molar-refractivity contribution in [2.24, 2.45) is 0 Å². The average Bonchev–Trinajstić information content (AvgIpc) is 2.38. The third kappa shape index (κ3) is 2.02. The third-order valence-electron chi connectivity index (χ3n) is 3.13. The predicted octanol–water partition coefficient (Wildman–Crippen LogP) is 1.33. The Morgan fingerprint density at radius 2 is 2.11 bits per heavy atom. The quantitative estimate of drug-likeness (QED) is 0.798. The van der Waals surface area contributed by atoms with E-state index in [1.54, 1.807) is 6.20 Å². The first-order valence-electron chi connectivity index (χ1n) is 5.74. The van der Waals surface area contributed by atoms with Gasteiger partial charge in [-0.25, -0.2) is 5.32 Å². The van der Waals surface area contributed by atoms with Crippen LogP contribution in [0.5, 0.6) is 0 Å². The van der Waals surface area contributed by atoms with Gasteiger partial charge in [0, 0.05) is 22.0 Å². The normalized spacial score (nSPS) is 12.9. The van der Waals surface area contributed by atoms with Crippen LogP contribution in [0.25, 0.3) is 23.0 Å². The summed E-state index contributed by atoms with van der Waals surface area (Å²) in [5, 5.41) is 16.5. The average molecular weight is 312 g/mol. The molecule has 4 heteroatoms. The van der Waals surface area contributed by atoms with Gasteiger partial charge in [-0.1, -0.05) is 22.0 Å². The Hall–Kier alpha value is -2.12. The molecule has 0 fully saturated rings. The second kappa shape index (κ2) is 4.52. The predicted molar refractivity (Wildman–Crippen MR) is 76.3 cm³/mol. The number of amides is 1. The molecule has 0 aliphatic carbocycles. The molecule has 2 aromatic rings. The summed E-state index contributed by atoms with van der Waals surface area (Å²) in [6, 6.07) is 9.99. The first-order valence-corrected chi connectivity index (χ1v) is 6.53. The van der Waals surface area contributed by atoms with E-state index in [-0.39, 0.29) is 5.91 Å². The lowest BCUT2D eigenvalue weighted by Gasteiger charge is -2.08. The molecule has 0 unspecified atom stereocenters. The van der Waals surface area contributed by atoms with E-state index >= 15 is 0 Å². The van der Waals surface area contributed by atoms with E-state index in [9.17, 15) is 4.79 Å². The highest BCUT2D eigenvalue weighted by Crippen LogP contribution is 2.20. The van der Waals surface area contributed by atoms with E-state index in [4.69, 9.17) is 5.26 Å². The molecule has 0 spiro atoms. The van der Waals surface area contributed by atoms with Crippen LogP contribution in [0, 0.1) is 11.3 Å². The van der Waals surface area contributed by atoms with Crippen LogP contribution < -0.4 is 15.8 Å². The van der Waals surface area contributed by atoms with Gasteiger partial charge >= 0.3 is 0 Å². The third-order valence-corrected chi connectivity index (χ3v) is 3.62. The number of halogens is 1. The van der Waals surface area contributed by atoms with Crippen LogP contribution in [0.1, 0.15) is 5.56 Å². The fourth-order valence-corrected chi connectivity index (χ4v) is 2.67. The lowest BCUT2D eigenvalue weighted by Crippen LogP contribution is -2.34. The Labute approximate surface area is 118 Å². The highest BCUT2D eigenvalue weighted by atomic mass is 79.9. The lowest BCUT2D eigenvalue weighted by molar-refractivity contribution is -0.114. The van der Waals surface area contributed by atoms with Crippen LogP contribution in [-0.4, -0.2) is 5.91 Å². The molecule has 1 aliphatic rings. The van der Waals surface area contributed by atoms with Gasteiger partial charge in [0.25, 0.3) is 5.91 Å². The Kier molecular flexibility index (Phi) is 2.84. The molecule has 3 nitrogen and oxygen atoms in total. The zero-order chi connectivity index (χ0) is 13.4. The van der Waals surface area contributed by atoms with E-state index in [1.165, 1.54) is 6.08 Å². The maximum Gasteiger partial charge on any atom is 0.270 e. The standard InChI is InChI=1S/C15H8BrN2O/c16-11-1-2-12-9(3-4-17)5-10-6-15(19)18-8-14(10)13(12)7-11/h1-2,5-8H,3H2. The molecular formula is C15H8BrN2O. The zero-order valence-corrected chi connectivity index (χ0v) is 11.4. The molecule has 0 bridgehead atoms. The van der Waals surface area contributed by atoms with E-state index in [1.807, 2.05) is 24.3 Å². The molecule has 1 aliphatic heterocycles. The molecule has 1 amide bonds. The smallest absolute Gasteiger partial charge is 0.267 e. The monoisotopic (exact) mass is 311 g/mol. The second-order valence-corrected chi connectivity index (χ2v) is 5.22. The van der Waals surface area contributed by atoms with Gasteiger partial charge in [-0.3, -0.25) is 4.79 Å². The number of rotatable bonds is 1. The molecule has 0 aromatic heterocycles. The minimum Gasteiger partial charge on any atom is -0.267 e. The summed E-state index contributed by atoms with van der Waals surface area (Å²) < 4.78 is 0.960. The van der Waals surface area contributed by atoms with E-state index in [2.05, 4.69) is 27.3 Å². The fourth-order valence-electron chi connectivity index (χ4n) is 2.31. The largest absolute Gasteiger partial charge is 0.270 e. The number of fused-ring (bicyclic) bond motifs is 3.